The first-order valence-corrected chi connectivity index (χ1v) is 10.8. The number of nitrogens with zero attached hydrogens (tertiary/aromatic N) is 2. The van der Waals surface area contributed by atoms with Crippen LogP contribution in [0.2, 0.25) is 0 Å². The zero-order valence-electron chi connectivity index (χ0n) is 16.8. The number of nitriles is 1. The topological polar surface area (TPSA) is 94.7 Å². The molecule has 7 nitrogen and oxygen atoms in total. The van der Waals surface area contributed by atoms with E-state index in [4.69, 9.17) is 15.2 Å². The van der Waals surface area contributed by atoms with Crippen molar-refractivity contribution in [3.05, 3.63) is 73.4 Å². The molecule has 3 heterocycles. The molecule has 1 saturated heterocycles. The van der Waals surface area contributed by atoms with Gasteiger partial charge in [0.1, 0.15) is 30.5 Å². The van der Waals surface area contributed by atoms with Crippen LogP contribution in [0.4, 0.5) is 0 Å². The van der Waals surface area contributed by atoms with Crippen LogP contribution in [0, 0.1) is 18.3 Å². The summed E-state index contributed by atoms with van der Waals surface area (Å²) in [6.07, 6.45) is 0. The van der Waals surface area contributed by atoms with Crippen LogP contribution in [0.25, 0.3) is 0 Å². The summed E-state index contributed by atoms with van der Waals surface area (Å²) in [5, 5.41) is 9.77. The van der Waals surface area contributed by atoms with Crippen LogP contribution in [-0.2, 0) is 11.3 Å². The van der Waals surface area contributed by atoms with E-state index in [2.05, 4.69) is 22.0 Å². The Morgan fingerprint density at radius 3 is 2.80 bits per heavy atom. The van der Waals surface area contributed by atoms with Crippen molar-refractivity contribution in [3.8, 4) is 11.8 Å². The van der Waals surface area contributed by atoms with Crippen molar-refractivity contribution in [1.29, 1.82) is 5.26 Å². The standard InChI is InChI=1S/C22H23BrN4O3/c1-14-11-18-20(22(28)27(14)6-5-26-7-9-29-10-8-26)19(17(13-24)21(25)30-18)15-3-2-4-16(23)12-15/h2-4,11-12,19H,5-10,25H2,1H3/p+1/t19-/m1/s1. The molecule has 1 atom stereocenters. The average Bonchev–Trinajstić information content (AvgIpc) is 2.73. The number of morpholine rings is 1. The molecule has 0 bridgehead atoms. The summed E-state index contributed by atoms with van der Waals surface area (Å²) < 4.78 is 13.8. The fourth-order valence-corrected chi connectivity index (χ4v) is 4.58. The van der Waals surface area contributed by atoms with Gasteiger partial charge in [0.05, 0.1) is 37.8 Å². The van der Waals surface area contributed by atoms with Gasteiger partial charge in [-0.05, 0) is 24.6 Å². The number of benzene rings is 1. The van der Waals surface area contributed by atoms with Gasteiger partial charge in [-0.15, -0.1) is 0 Å². The molecule has 0 saturated carbocycles. The number of allylic oxidation sites excluding steroid dienone is 1. The SMILES string of the molecule is Cc1cc2c(c(=O)n1CC[NH+]1CCOCC1)[C@H](c1cccc(Br)c1)C(C#N)=C(N)O2. The second-order valence-corrected chi connectivity index (χ2v) is 8.53. The summed E-state index contributed by atoms with van der Waals surface area (Å²) in [5.41, 5.74) is 8.28. The lowest BCUT2D eigenvalue weighted by atomic mass is 9.84. The van der Waals surface area contributed by atoms with Gasteiger partial charge in [-0.25, -0.2) is 0 Å². The zero-order chi connectivity index (χ0) is 21.3. The number of nitrogens with two attached hydrogens (primary N) is 1. The highest BCUT2D eigenvalue weighted by Gasteiger charge is 2.34. The number of nitrogens with one attached hydrogen (secondary N) is 1. The molecule has 2 aliphatic rings. The van der Waals surface area contributed by atoms with E-state index >= 15 is 0 Å². The monoisotopic (exact) mass is 471 g/mol. The molecule has 0 radical (unpaired) electrons. The van der Waals surface area contributed by atoms with E-state index in [0.717, 1.165) is 48.6 Å². The van der Waals surface area contributed by atoms with E-state index in [0.29, 0.717) is 17.9 Å². The first-order valence-electron chi connectivity index (χ1n) is 9.98. The van der Waals surface area contributed by atoms with E-state index in [1.807, 2.05) is 37.3 Å². The number of halogens is 1. The highest BCUT2D eigenvalue weighted by molar-refractivity contribution is 9.10. The van der Waals surface area contributed by atoms with Gasteiger partial charge in [-0.3, -0.25) is 4.79 Å². The summed E-state index contributed by atoms with van der Waals surface area (Å²) in [5.74, 6) is -0.0930. The maximum absolute atomic E-state index is 13.6. The summed E-state index contributed by atoms with van der Waals surface area (Å²) >= 11 is 3.48. The first-order chi connectivity index (χ1) is 14.5. The smallest absolute Gasteiger partial charge is 0.258 e. The molecule has 1 aromatic heterocycles. The first kappa shape index (κ1) is 20.7. The van der Waals surface area contributed by atoms with Gasteiger partial charge >= 0.3 is 0 Å². The molecule has 2 aromatic rings. The van der Waals surface area contributed by atoms with Crippen LogP contribution >= 0.6 is 15.9 Å². The molecule has 4 rings (SSSR count). The molecule has 0 unspecified atom stereocenters. The Morgan fingerprint density at radius 1 is 1.33 bits per heavy atom. The maximum atomic E-state index is 13.6. The minimum atomic E-state index is -0.564. The van der Waals surface area contributed by atoms with Crippen molar-refractivity contribution in [1.82, 2.24) is 4.57 Å². The highest BCUT2D eigenvalue weighted by atomic mass is 79.9. The van der Waals surface area contributed by atoms with Crippen molar-refractivity contribution in [2.24, 2.45) is 5.73 Å². The van der Waals surface area contributed by atoms with E-state index in [1.54, 1.807) is 4.57 Å². The van der Waals surface area contributed by atoms with Crippen LogP contribution in [0.15, 0.2) is 51.1 Å². The van der Waals surface area contributed by atoms with Gasteiger partial charge < -0.3 is 24.7 Å². The van der Waals surface area contributed by atoms with E-state index in [-0.39, 0.29) is 17.0 Å². The van der Waals surface area contributed by atoms with Gasteiger partial charge in [-0.1, -0.05) is 28.1 Å². The number of hydrogen-bond donors (Lipinski definition) is 2. The molecule has 1 fully saturated rings. The Labute approximate surface area is 183 Å². The van der Waals surface area contributed by atoms with Gasteiger partial charge in [0.25, 0.3) is 5.56 Å². The van der Waals surface area contributed by atoms with E-state index < -0.39 is 5.92 Å². The van der Waals surface area contributed by atoms with Crippen molar-refractivity contribution >= 4 is 15.9 Å². The van der Waals surface area contributed by atoms with Crippen LogP contribution in [0.5, 0.6) is 5.75 Å². The molecule has 30 heavy (non-hydrogen) atoms. The number of quaternary nitrogens is 1. The number of aromatic nitrogens is 1. The van der Waals surface area contributed by atoms with Crippen LogP contribution in [0.3, 0.4) is 0 Å². The predicted octanol–water partition coefficient (Wildman–Crippen LogP) is 1.05. The summed E-state index contributed by atoms with van der Waals surface area (Å²) in [7, 11) is 0. The second-order valence-electron chi connectivity index (χ2n) is 7.61. The summed E-state index contributed by atoms with van der Waals surface area (Å²) in [4.78, 5) is 15.0. The summed E-state index contributed by atoms with van der Waals surface area (Å²) in [6, 6.07) is 11.6. The fourth-order valence-electron chi connectivity index (χ4n) is 4.16. The fraction of sp³-hybridized carbons (Fsp3) is 0.364. The third-order valence-corrected chi connectivity index (χ3v) is 6.25. The largest absolute Gasteiger partial charge is 0.440 e. The van der Waals surface area contributed by atoms with Crippen molar-refractivity contribution < 1.29 is 14.4 Å². The molecular formula is C22H24BrN4O3+. The maximum Gasteiger partial charge on any atom is 0.258 e. The van der Waals surface area contributed by atoms with Crippen molar-refractivity contribution in [2.45, 2.75) is 19.4 Å². The van der Waals surface area contributed by atoms with E-state index in [9.17, 15) is 10.1 Å². The number of pyridine rings is 1. The Hall–Kier alpha value is -2.60. The van der Waals surface area contributed by atoms with Gasteiger partial charge in [0.2, 0.25) is 5.88 Å². The molecule has 0 spiro atoms. The highest BCUT2D eigenvalue weighted by Crippen LogP contribution is 2.40. The normalized spacial score (nSPS) is 19.2. The Morgan fingerprint density at radius 2 is 2.10 bits per heavy atom. The average molecular weight is 472 g/mol. The Bertz CT molecular complexity index is 1100. The number of aryl methyl sites for hydroxylation is 1. The van der Waals surface area contributed by atoms with Gasteiger partial charge in [-0.2, -0.15) is 5.26 Å². The number of fused-ring (bicyclic) bond motifs is 1. The van der Waals surface area contributed by atoms with Crippen LogP contribution in [0.1, 0.15) is 22.7 Å². The molecule has 1 aromatic carbocycles. The van der Waals surface area contributed by atoms with E-state index in [1.165, 1.54) is 4.90 Å². The van der Waals surface area contributed by atoms with Crippen molar-refractivity contribution in [2.75, 3.05) is 32.8 Å². The minimum Gasteiger partial charge on any atom is -0.440 e. The molecule has 0 aliphatic carbocycles. The predicted molar refractivity (Wildman–Crippen MR) is 115 cm³/mol. The lowest BCUT2D eigenvalue weighted by molar-refractivity contribution is -0.908. The zero-order valence-corrected chi connectivity index (χ0v) is 18.4. The molecule has 156 valence electrons. The number of rotatable bonds is 4. The van der Waals surface area contributed by atoms with Crippen LogP contribution < -0.4 is 20.9 Å². The quantitative estimate of drug-likeness (QED) is 0.694. The lowest BCUT2D eigenvalue weighted by Crippen LogP contribution is -3.14. The number of hydrogen-bond acceptors (Lipinski definition) is 5. The van der Waals surface area contributed by atoms with Gasteiger partial charge in [0, 0.05) is 16.2 Å². The lowest BCUT2D eigenvalue weighted by Gasteiger charge is -2.28. The van der Waals surface area contributed by atoms with Gasteiger partial charge in [0.15, 0.2) is 0 Å². The van der Waals surface area contributed by atoms with Crippen LogP contribution in [-0.4, -0.2) is 37.4 Å². The van der Waals surface area contributed by atoms with Crippen molar-refractivity contribution in [3.63, 3.8) is 0 Å². The summed E-state index contributed by atoms with van der Waals surface area (Å²) in [6.45, 7) is 6.73. The molecule has 0 amide bonds. The Kier molecular flexibility index (Phi) is 5.95. The molecule has 3 N–H and O–H groups in total. The molecule has 8 heteroatoms. The third-order valence-electron chi connectivity index (χ3n) is 5.76. The third kappa shape index (κ3) is 3.88. The minimum absolute atomic E-state index is 0.0456. The Balaban J connectivity index is 1.78. The second kappa shape index (κ2) is 8.64. The molecular weight excluding hydrogens is 448 g/mol. The number of ether oxygens (including phenoxy) is 2. The molecule has 2 aliphatic heterocycles.